The molecule has 1 amide bonds. The van der Waals surface area contributed by atoms with Gasteiger partial charge in [0, 0.05) is 56.9 Å². The van der Waals surface area contributed by atoms with E-state index in [4.69, 9.17) is 9.97 Å². The van der Waals surface area contributed by atoms with E-state index in [2.05, 4.69) is 34.2 Å². The van der Waals surface area contributed by atoms with Crippen LogP contribution in [0.3, 0.4) is 0 Å². The van der Waals surface area contributed by atoms with Gasteiger partial charge >= 0.3 is 0 Å². The SMILES string of the molecule is C=CC(=O)CC1CCC(Nc2nc(Nc3ccc(N4CCN(C(C)=O)CC4)cc3)nc3ccsc23)CC1. The molecule has 2 aliphatic rings. The lowest BCUT2D eigenvalue weighted by Gasteiger charge is -2.35. The van der Waals surface area contributed by atoms with Crippen LogP contribution >= 0.6 is 11.3 Å². The molecule has 1 aromatic carbocycles. The first-order valence-corrected chi connectivity index (χ1v) is 13.9. The summed E-state index contributed by atoms with van der Waals surface area (Å²) in [6, 6.07) is 10.7. The van der Waals surface area contributed by atoms with Crippen molar-refractivity contribution < 1.29 is 9.59 Å². The molecule has 2 fully saturated rings. The topological polar surface area (TPSA) is 90.5 Å². The van der Waals surface area contributed by atoms with Crippen molar-refractivity contribution in [1.82, 2.24) is 14.9 Å². The van der Waals surface area contributed by atoms with E-state index in [-0.39, 0.29) is 11.7 Å². The minimum absolute atomic E-state index is 0.142. The van der Waals surface area contributed by atoms with Crippen molar-refractivity contribution in [1.29, 1.82) is 0 Å². The predicted octanol–water partition coefficient (Wildman–Crippen LogP) is 5.22. The van der Waals surface area contributed by atoms with Gasteiger partial charge in [-0.3, -0.25) is 9.59 Å². The Kier molecular flexibility index (Phi) is 7.69. The van der Waals surface area contributed by atoms with Gasteiger partial charge < -0.3 is 20.4 Å². The summed E-state index contributed by atoms with van der Waals surface area (Å²) in [7, 11) is 0. The third kappa shape index (κ3) is 6.10. The number of anilines is 4. The molecule has 0 radical (unpaired) electrons. The summed E-state index contributed by atoms with van der Waals surface area (Å²) in [5.41, 5.74) is 3.00. The van der Waals surface area contributed by atoms with Gasteiger partial charge in [0.2, 0.25) is 11.9 Å². The molecule has 5 rings (SSSR count). The van der Waals surface area contributed by atoms with E-state index in [9.17, 15) is 9.59 Å². The Labute approximate surface area is 221 Å². The first kappa shape index (κ1) is 25.2. The van der Waals surface area contributed by atoms with E-state index in [1.807, 2.05) is 28.5 Å². The van der Waals surface area contributed by atoms with Crippen molar-refractivity contribution in [2.45, 2.75) is 45.1 Å². The van der Waals surface area contributed by atoms with Crippen LogP contribution in [0.25, 0.3) is 10.2 Å². The minimum Gasteiger partial charge on any atom is -0.368 e. The normalized spacial score (nSPS) is 20.0. The van der Waals surface area contributed by atoms with E-state index in [1.54, 1.807) is 18.3 Å². The largest absolute Gasteiger partial charge is 0.368 e. The number of fused-ring (bicyclic) bond motifs is 1. The summed E-state index contributed by atoms with van der Waals surface area (Å²) in [6.45, 7) is 8.42. The third-order valence-corrected chi connectivity index (χ3v) is 8.33. The summed E-state index contributed by atoms with van der Waals surface area (Å²) in [5.74, 6) is 2.18. The number of rotatable bonds is 8. The van der Waals surface area contributed by atoms with Gasteiger partial charge in [-0.25, -0.2) is 4.98 Å². The Balaban J connectivity index is 1.23. The van der Waals surface area contributed by atoms with Crippen LogP contribution < -0.4 is 15.5 Å². The maximum atomic E-state index is 11.7. The van der Waals surface area contributed by atoms with Crippen molar-refractivity contribution in [3.8, 4) is 0 Å². The molecule has 194 valence electrons. The van der Waals surface area contributed by atoms with Crippen molar-refractivity contribution in [3.63, 3.8) is 0 Å². The minimum atomic E-state index is 0.142. The fourth-order valence-corrected chi connectivity index (χ4v) is 6.04. The zero-order chi connectivity index (χ0) is 25.8. The quantitative estimate of drug-likeness (QED) is 0.395. The van der Waals surface area contributed by atoms with Crippen LogP contribution in [0.5, 0.6) is 0 Å². The Hall–Kier alpha value is -3.46. The van der Waals surface area contributed by atoms with Crippen molar-refractivity contribution >= 4 is 56.4 Å². The molecule has 3 aromatic rings. The Morgan fingerprint density at radius 3 is 2.46 bits per heavy atom. The van der Waals surface area contributed by atoms with Crippen molar-refractivity contribution in [2.24, 2.45) is 5.92 Å². The fourth-order valence-electron chi connectivity index (χ4n) is 5.25. The summed E-state index contributed by atoms with van der Waals surface area (Å²) >= 11 is 1.65. The molecule has 1 saturated heterocycles. The van der Waals surface area contributed by atoms with Crippen LogP contribution in [0.4, 0.5) is 23.1 Å². The summed E-state index contributed by atoms with van der Waals surface area (Å²) < 4.78 is 1.06. The van der Waals surface area contributed by atoms with E-state index >= 15 is 0 Å². The highest BCUT2D eigenvalue weighted by molar-refractivity contribution is 7.17. The molecule has 0 spiro atoms. The smallest absolute Gasteiger partial charge is 0.229 e. The average molecular weight is 519 g/mol. The highest BCUT2D eigenvalue weighted by atomic mass is 32.1. The Morgan fingerprint density at radius 2 is 1.78 bits per heavy atom. The van der Waals surface area contributed by atoms with Gasteiger partial charge in [-0.2, -0.15) is 4.98 Å². The van der Waals surface area contributed by atoms with E-state index in [0.717, 1.165) is 79.3 Å². The van der Waals surface area contributed by atoms with E-state index < -0.39 is 0 Å². The second kappa shape index (κ2) is 11.3. The molecular weight excluding hydrogens is 484 g/mol. The lowest BCUT2D eigenvalue weighted by atomic mass is 9.83. The number of allylic oxidation sites excluding steroid dienone is 1. The zero-order valence-corrected chi connectivity index (χ0v) is 22.1. The highest BCUT2D eigenvalue weighted by Crippen LogP contribution is 2.33. The average Bonchev–Trinajstić information content (AvgIpc) is 3.39. The number of hydrogen-bond donors (Lipinski definition) is 2. The molecule has 37 heavy (non-hydrogen) atoms. The predicted molar refractivity (Wildman–Crippen MR) is 151 cm³/mol. The monoisotopic (exact) mass is 518 g/mol. The second-order valence-electron chi connectivity index (χ2n) is 9.93. The lowest BCUT2D eigenvalue weighted by molar-refractivity contribution is -0.129. The number of aromatic nitrogens is 2. The van der Waals surface area contributed by atoms with Crippen LogP contribution in [-0.2, 0) is 9.59 Å². The zero-order valence-electron chi connectivity index (χ0n) is 21.3. The lowest BCUT2D eigenvalue weighted by Crippen LogP contribution is -2.48. The number of hydrogen-bond acceptors (Lipinski definition) is 8. The van der Waals surface area contributed by atoms with Gasteiger partial charge in [0.25, 0.3) is 0 Å². The molecule has 0 unspecified atom stereocenters. The molecule has 2 N–H and O–H groups in total. The molecule has 9 heteroatoms. The van der Waals surface area contributed by atoms with Crippen LogP contribution in [0.2, 0.25) is 0 Å². The van der Waals surface area contributed by atoms with Crippen LogP contribution in [0, 0.1) is 5.92 Å². The number of piperazine rings is 1. The van der Waals surface area contributed by atoms with Gasteiger partial charge in [0.15, 0.2) is 5.78 Å². The van der Waals surface area contributed by atoms with Crippen LogP contribution in [0.1, 0.15) is 39.0 Å². The molecule has 1 saturated carbocycles. The number of thiophene rings is 1. The number of nitrogens with one attached hydrogen (secondary N) is 2. The number of ketones is 1. The second-order valence-corrected chi connectivity index (χ2v) is 10.8. The number of carbonyl (C=O) groups is 2. The van der Waals surface area contributed by atoms with Crippen molar-refractivity contribution in [2.75, 3.05) is 41.7 Å². The maximum absolute atomic E-state index is 11.7. The number of carbonyl (C=O) groups excluding carboxylic acids is 2. The van der Waals surface area contributed by atoms with Gasteiger partial charge in [0.1, 0.15) is 5.82 Å². The third-order valence-electron chi connectivity index (χ3n) is 7.42. The molecule has 3 heterocycles. The van der Waals surface area contributed by atoms with Gasteiger partial charge in [-0.05, 0) is 73.4 Å². The molecule has 0 bridgehead atoms. The Bertz CT molecular complexity index is 1260. The molecule has 1 aliphatic carbocycles. The molecule has 1 aliphatic heterocycles. The standard InChI is InChI=1S/C28H34N6O2S/c1-3-24(36)18-20-4-6-21(7-5-20)29-27-26-25(12-17-37-26)31-28(32-27)30-22-8-10-23(11-9-22)34-15-13-33(14-16-34)19(2)35/h3,8-12,17,20-21H,1,4-7,13-16,18H2,2H3,(H2,29,30,31,32). The molecular formula is C28H34N6O2S. The molecule has 2 aromatic heterocycles. The number of amides is 1. The number of benzene rings is 1. The highest BCUT2D eigenvalue weighted by Gasteiger charge is 2.24. The van der Waals surface area contributed by atoms with Crippen LogP contribution in [0.15, 0.2) is 48.4 Å². The molecule has 8 nitrogen and oxygen atoms in total. The summed E-state index contributed by atoms with van der Waals surface area (Å²) in [6.07, 6.45) is 6.18. The van der Waals surface area contributed by atoms with Gasteiger partial charge in [-0.15, -0.1) is 11.3 Å². The van der Waals surface area contributed by atoms with Gasteiger partial charge in [-0.1, -0.05) is 6.58 Å². The molecule has 0 atom stereocenters. The van der Waals surface area contributed by atoms with Crippen molar-refractivity contribution in [3.05, 3.63) is 48.4 Å². The summed E-state index contributed by atoms with van der Waals surface area (Å²) in [5, 5.41) is 9.09. The Morgan fingerprint density at radius 1 is 1.05 bits per heavy atom. The van der Waals surface area contributed by atoms with E-state index in [1.165, 1.54) is 6.08 Å². The van der Waals surface area contributed by atoms with Gasteiger partial charge in [0.05, 0.1) is 10.2 Å². The fraction of sp³-hybridized carbons (Fsp3) is 0.429. The number of nitrogens with zero attached hydrogens (tertiary/aromatic N) is 4. The maximum Gasteiger partial charge on any atom is 0.229 e. The first-order valence-electron chi connectivity index (χ1n) is 13.0. The van der Waals surface area contributed by atoms with E-state index in [0.29, 0.717) is 24.3 Å². The first-order chi connectivity index (χ1) is 18.0. The van der Waals surface area contributed by atoms with Crippen LogP contribution in [-0.4, -0.2) is 58.8 Å². The summed E-state index contributed by atoms with van der Waals surface area (Å²) in [4.78, 5) is 37.1.